The van der Waals surface area contributed by atoms with Gasteiger partial charge in [-0.3, -0.25) is 29.4 Å². The van der Waals surface area contributed by atoms with Crippen molar-refractivity contribution in [3.8, 4) is 11.5 Å². The fraction of sp³-hybridized carbons (Fsp3) is 0.293. The molecule has 3 aliphatic rings. The number of hydrogen-bond donors (Lipinski definition) is 6. The number of piperidine rings is 1. The average molecular weight is 801 g/mol. The van der Waals surface area contributed by atoms with E-state index in [4.69, 9.17) is 14.1 Å². The van der Waals surface area contributed by atoms with Crippen LogP contribution >= 0.6 is 0 Å². The fourth-order valence-corrected chi connectivity index (χ4v) is 7.29. The third-order valence-electron chi connectivity index (χ3n) is 10.3. The number of fused-ring (bicyclic) bond motifs is 2. The number of anilines is 4. The van der Waals surface area contributed by atoms with Crippen LogP contribution < -0.4 is 26.6 Å². The molecule has 1 saturated heterocycles. The second-order valence-electron chi connectivity index (χ2n) is 14.6. The molecular weight excluding hydrogens is 761 g/mol. The van der Waals surface area contributed by atoms with Crippen LogP contribution in [0.5, 0.6) is 0 Å². The molecule has 0 aliphatic carbocycles. The minimum absolute atomic E-state index is 0.0428. The number of amides is 4. The van der Waals surface area contributed by atoms with Crippen molar-refractivity contribution < 1.29 is 38.2 Å². The second-order valence-corrected chi connectivity index (χ2v) is 14.6. The first kappa shape index (κ1) is 38.8. The van der Waals surface area contributed by atoms with Crippen LogP contribution in [0.4, 0.5) is 23.1 Å². The van der Waals surface area contributed by atoms with Crippen LogP contribution in [0.15, 0.2) is 77.3 Å². The van der Waals surface area contributed by atoms with Gasteiger partial charge < -0.3 is 35.5 Å². The van der Waals surface area contributed by atoms with Gasteiger partial charge in [-0.2, -0.15) is 4.98 Å². The fourth-order valence-electron chi connectivity index (χ4n) is 7.29. The summed E-state index contributed by atoms with van der Waals surface area (Å²) in [6.07, 6.45) is 2.05. The molecule has 2 aromatic heterocycles. The Hall–Kier alpha value is -7.05. The van der Waals surface area contributed by atoms with Gasteiger partial charge in [-0.25, -0.2) is 9.78 Å². The quantitative estimate of drug-likeness (QED) is 0.0505. The van der Waals surface area contributed by atoms with E-state index in [1.807, 2.05) is 50.2 Å². The van der Waals surface area contributed by atoms with Crippen molar-refractivity contribution in [2.24, 2.45) is 0 Å². The lowest BCUT2D eigenvalue weighted by Crippen LogP contribution is -2.54. The molecule has 5 aromatic rings. The number of cyclic esters (lactones) is 1. The monoisotopic (exact) mass is 800 g/mol. The van der Waals surface area contributed by atoms with Crippen molar-refractivity contribution in [2.45, 2.75) is 50.8 Å². The van der Waals surface area contributed by atoms with E-state index in [0.29, 0.717) is 60.3 Å². The van der Waals surface area contributed by atoms with Gasteiger partial charge in [0.05, 0.1) is 34.9 Å². The van der Waals surface area contributed by atoms with Crippen LogP contribution in [0.25, 0.3) is 11.5 Å². The SMILES string of the molecule is CC1(C)OC(=O)c2ccc(Nc3ncc(-c4nnc(CCNCCNc5cccc6c5C(=O)N(C5CCC(=O)NC5=O)C6=O)o4)c(N[C@H](CO)c4ccccc4)n3)cc21. The van der Waals surface area contributed by atoms with Crippen molar-refractivity contribution in [3.63, 3.8) is 0 Å². The van der Waals surface area contributed by atoms with Gasteiger partial charge in [-0.1, -0.05) is 36.4 Å². The lowest BCUT2D eigenvalue weighted by atomic mass is 9.95. The Kier molecular flexibility index (Phi) is 10.6. The van der Waals surface area contributed by atoms with Crippen LogP contribution in [-0.4, -0.2) is 92.1 Å². The van der Waals surface area contributed by atoms with E-state index in [0.717, 1.165) is 16.0 Å². The van der Waals surface area contributed by atoms with Gasteiger partial charge in [-0.05, 0) is 56.2 Å². The maximum absolute atomic E-state index is 13.4. The molecule has 5 heterocycles. The molecule has 302 valence electrons. The smallest absolute Gasteiger partial charge is 0.339 e. The Morgan fingerprint density at radius 2 is 1.76 bits per heavy atom. The molecule has 3 aromatic carbocycles. The predicted octanol–water partition coefficient (Wildman–Crippen LogP) is 3.47. The van der Waals surface area contributed by atoms with Crippen LogP contribution in [0.3, 0.4) is 0 Å². The Balaban J connectivity index is 0.911. The zero-order valence-corrected chi connectivity index (χ0v) is 32.1. The van der Waals surface area contributed by atoms with E-state index >= 15 is 0 Å². The number of nitrogens with one attached hydrogen (secondary N) is 5. The number of nitrogens with zero attached hydrogens (tertiary/aromatic N) is 5. The number of rotatable bonds is 15. The van der Waals surface area contributed by atoms with Gasteiger partial charge in [0.2, 0.25) is 23.7 Å². The van der Waals surface area contributed by atoms with Gasteiger partial charge in [-0.15, -0.1) is 10.2 Å². The molecule has 1 unspecified atom stereocenters. The molecule has 18 nitrogen and oxygen atoms in total. The first-order valence-corrected chi connectivity index (χ1v) is 19.1. The summed E-state index contributed by atoms with van der Waals surface area (Å²) in [6, 6.07) is 18.0. The third-order valence-corrected chi connectivity index (χ3v) is 10.3. The van der Waals surface area contributed by atoms with E-state index in [9.17, 15) is 29.1 Å². The summed E-state index contributed by atoms with van der Waals surface area (Å²) in [7, 11) is 0. The number of ether oxygens (including phenoxy) is 1. The Bertz CT molecular complexity index is 2470. The van der Waals surface area contributed by atoms with Crippen LogP contribution in [-0.2, 0) is 26.3 Å². The van der Waals surface area contributed by atoms with Crippen molar-refractivity contribution in [2.75, 3.05) is 42.2 Å². The minimum atomic E-state index is -1.04. The number of hydrogen-bond acceptors (Lipinski definition) is 16. The number of aromatic nitrogens is 4. The lowest BCUT2D eigenvalue weighted by molar-refractivity contribution is -0.136. The minimum Gasteiger partial charge on any atom is -0.451 e. The van der Waals surface area contributed by atoms with E-state index in [1.54, 1.807) is 36.5 Å². The first-order valence-electron chi connectivity index (χ1n) is 19.1. The lowest BCUT2D eigenvalue weighted by Gasteiger charge is -2.27. The van der Waals surface area contributed by atoms with Crippen molar-refractivity contribution >= 4 is 52.7 Å². The highest BCUT2D eigenvalue weighted by atomic mass is 16.6. The summed E-state index contributed by atoms with van der Waals surface area (Å²) in [5.74, 6) is -1.53. The molecule has 1 fully saturated rings. The van der Waals surface area contributed by atoms with E-state index in [-0.39, 0.29) is 48.4 Å². The summed E-state index contributed by atoms with van der Waals surface area (Å²) in [5, 5.41) is 34.1. The number of carbonyl (C=O) groups is 5. The van der Waals surface area contributed by atoms with Gasteiger partial charge in [0.15, 0.2) is 0 Å². The molecule has 3 aliphatic heterocycles. The van der Waals surface area contributed by atoms with Gasteiger partial charge in [0.1, 0.15) is 17.5 Å². The maximum Gasteiger partial charge on any atom is 0.339 e. The molecule has 8 rings (SSSR count). The molecule has 4 amide bonds. The normalized spacial score (nSPS) is 17.3. The second kappa shape index (κ2) is 16.1. The van der Waals surface area contributed by atoms with Crippen LogP contribution in [0.1, 0.15) is 80.8 Å². The van der Waals surface area contributed by atoms with Gasteiger partial charge >= 0.3 is 5.97 Å². The highest BCUT2D eigenvalue weighted by Crippen LogP contribution is 2.38. The predicted molar refractivity (Wildman–Crippen MR) is 212 cm³/mol. The van der Waals surface area contributed by atoms with E-state index in [1.165, 1.54) is 0 Å². The summed E-state index contributed by atoms with van der Waals surface area (Å²) in [5.41, 5.74) is 3.19. The molecule has 0 spiro atoms. The van der Waals surface area contributed by atoms with Crippen molar-refractivity contribution in [1.29, 1.82) is 0 Å². The topological polar surface area (TPSA) is 243 Å². The van der Waals surface area contributed by atoms with Crippen LogP contribution in [0.2, 0.25) is 0 Å². The zero-order chi connectivity index (χ0) is 41.3. The number of aliphatic hydroxyl groups is 1. The summed E-state index contributed by atoms with van der Waals surface area (Å²) >= 11 is 0. The molecule has 0 bridgehead atoms. The number of benzene rings is 3. The Morgan fingerprint density at radius 1 is 0.932 bits per heavy atom. The average Bonchev–Trinajstić information content (AvgIpc) is 3.87. The molecule has 2 atom stereocenters. The Morgan fingerprint density at radius 3 is 2.56 bits per heavy atom. The maximum atomic E-state index is 13.4. The Labute approximate surface area is 337 Å². The third kappa shape index (κ3) is 7.82. The molecule has 0 radical (unpaired) electrons. The van der Waals surface area contributed by atoms with Crippen molar-refractivity contribution in [3.05, 3.63) is 107 Å². The summed E-state index contributed by atoms with van der Waals surface area (Å²) < 4.78 is 11.6. The van der Waals surface area contributed by atoms with E-state index in [2.05, 4.69) is 41.8 Å². The molecule has 18 heteroatoms. The number of carbonyl (C=O) groups excluding carboxylic acids is 5. The summed E-state index contributed by atoms with van der Waals surface area (Å²) in [6.45, 7) is 4.77. The standard InChI is InChI=1S/C41H40N10O8/c1-41(2)27-19-23(11-12-24(27)39(57)59-41)45-40-44-20-26(34(48-40)46-29(21-52)22-7-4-3-5-8-22)36-50-49-32(58-36)15-16-42-17-18-43-28-10-6-9-25-33(28)38(56)51(37(25)55)30-13-14-31(53)47-35(30)54/h3-12,19-20,29-30,42-43,52H,13-18,21H2,1-2H3,(H,47,53,54)(H2,44,45,46,48)/t29-,30?/m1/s1. The largest absolute Gasteiger partial charge is 0.451 e. The highest BCUT2D eigenvalue weighted by Gasteiger charge is 2.45. The zero-order valence-electron chi connectivity index (χ0n) is 32.1. The first-order chi connectivity index (χ1) is 28.5. The number of aliphatic hydroxyl groups excluding tert-OH is 1. The molecule has 6 N–H and O–H groups in total. The van der Waals surface area contributed by atoms with Gasteiger partial charge in [0, 0.05) is 55.6 Å². The number of imide groups is 2. The molecular formula is C41H40N10O8. The van der Waals surface area contributed by atoms with Crippen LogP contribution in [0, 0.1) is 0 Å². The number of esters is 1. The van der Waals surface area contributed by atoms with Crippen molar-refractivity contribution in [1.82, 2.24) is 35.7 Å². The van der Waals surface area contributed by atoms with E-state index < -0.39 is 41.3 Å². The highest BCUT2D eigenvalue weighted by molar-refractivity contribution is 6.25. The summed E-state index contributed by atoms with van der Waals surface area (Å²) in [4.78, 5) is 73.1. The molecule has 0 saturated carbocycles. The molecule has 59 heavy (non-hydrogen) atoms. The van der Waals surface area contributed by atoms with Gasteiger partial charge in [0.25, 0.3) is 17.7 Å².